The van der Waals surface area contributed by atoms with E-state index in [0.717, 1.165) is 36.1 Å². The molecule has 0 saturated carbocycles. The number of amides is 1. The van der Waals surface area contributed by atoms with Gasteiger partial charge in [0, 0.05) is 22.1 Å². The predicted molar refractivity (Wildman–Crippen MR) is 107 cm³/mol. The van der Waals surface area contributed by atoms with Crippen LogP contribution >= 0.6 is 11.3 Å². The molecule has 8 heteroatoms. The third-order valence-electron chi connectivity index (χ3n) is 5.22. The Morgan fingerprint density at radius 2 is 2.14 bits per heavy atom. The zero-order chi connectivity index (χ0) is 20.4. The first-order chi connectivity index (χ1) is 13.3. The molecule has 1 unspecified atom stereocenters. The first-order valence-corrected chi connectivity index (χ1v) is 9.96. The van der Waals surface area contributed by atoms with E-state index >= 15 is 0 Å². The molecule has 0 fully saturated rings. The maximum absolute atomic E-state index is 12.7. The molecule has 148 valence electrons. The molecule has 1 amide bonds. The molecule has 3 rings (SSSR count). The average Bonchev–Trinajstić information content (AvgIpc) is 3.03. The largest absolute Gasteiger partial charge is 0.465 e. The number of ether oxygens (including phenoxy) is 1. The molecule has 28 heavy (non-hydrogen) atoms. The molecular formula is C20H22N2O5S. The first kappa shape index (κ1) is 20.0. The Bertz CT molecular complexity index is 950. The van der Waals surface area contributed by atoms with Crippen LogP contribution in [0.2, 0.25) is 0 Å². The lowest BCUT2D eigenvalue weighted by atomic mass is 9.85. The van der Waals surface area contributed by atoms with Gasteiger partial charge in [-0.05, 0) is 49.8 Å². The molecule has 0 saturated heterocycles. The van der Waals surface area contributed by atoms with Crippen molar-refractivity contribution in [2.45, 2.75) is 39.5 Å². The summed E-state index contributed by atoms with van der Waals surface area (Å²) >= 11 is 1.42. The smallest absolute Gasteiger partial charge is 0.341 e. The van der Waals surface area contributed by atoms with E-state index in [2.05, 4.69) is 12.2 Å². The van der Waals surface area contributed by atoms with Crippen molar-refractivity contribution in [3.8, 4) is 0 Å². The Kier molecular flexibility index (Phi) is 5.79. The number of aryl methyl sites for hydroxylation is 1. The molecule has 1 atom stereocenters. The van der Waals surface area contributed by atoms with Crippen LogP contribution in [0.3, 0.4) is 0 Å². The van der Waals surface area contributed by atoms with E-state index in [0.29, 0.717) is 27.6 Å². The van der Waals surface area contributed by atoms with Gasteiger partial charge in [-0.15, -0.1) is 11.3 Å². The number of hydrogen-bond acceptors (Lipinski definition) is 6. The van der Waals surface area contributed by atoms with Crippen LogP contribution in [-0.4, -0.2) is 23.9 Å². The number of benzene rings is 1. The minimum absolute atomic E-state index is 0.0380. The number of thiophene rings is 1. The fraction of sp³-hybridized carbons (Fsp3) is 0.400. The number of hydrogen-bond donors (Lipinski definition) is 1. The van der Waals surface area contributed by atoms with E-state index in [-0.39, 0.29) is 5.69 Å². The molecule has 0 radical (unpaired) electrons. The lowest BCUT2D eigenvalue weighted by Gasteiger charge is -2.20. The van der Waals surface area contributed by atoms with Crippen LogP contribution in [0.5, 0.6) is 0 Å². The Morgan fingerprint density at radius 3 is 2.75 bits per heavy atom. The van der Waals surface area contributed by atoms with Gasteiger partial charge in [0.15, 0.2) is 0 Å². The second kappa shape index (κ2) is 8.10. The topological polar surface area (TPSA) is 98.5 Å². The number of carbonyl (C=O) groups excluding carboxylic acids is 2. The van der Waals surface area contributed by atoms with Crippen molar-refractivity contribution < 1.29 is 19.2 Å². The molecule has 0 bridgehead atoms. The molecule has 1 aliphatic rings. The van der Waals surface area contributed by atoms with Crippen LogP contribution in [0.25, 0.3) is 0 Å². The summed E-state index contributed by atoms with van der Waals surface area (Å²) in [6.07, 6.45) is 3.78. The fourth-order valence-electron chi connectivity index (χ4n) is 3.59. The van der Waals surface area contributed by atoms with Crippen LogP contribution in [0.4, 0.5) is 10.7 Å². The second-order valence-corrected chi connectivity index (χ2v) is 8.03. The van der Waals surface area contributed by atoms with Gasteiger partial charge in [-0.3, -0.25) is 14.9 Å². The van der Waals surface area contributed by atoms with Crippen molar-refractivity contribution in [1.29, 1.82) is 0 Å². The lowest BCUT2D eigenvalue weighted by Crippen LogP contribution is -2.16. The normalized spacial score (nSPS) is 15.6. The predicted octanol–water partition coefficient (Wildman–Crippen LogP) is 4.52. The summed E-state index contributed by atoms with van der Waals surface area (Å²) < 4.78 is 4.94. The number of esters is 1. The summed E-state index contributed by atoms with van der Waals surface area (Å²) in [5.41, 5.74) is 2.07. The maximum atomic E-state index is 12.7. The van der Waals surface area contributed by atoms with Crippen molar-refractivity contribution in [1.82, 2.24) is 0 Å². The summed E-state index contributed by atoms with van der Waals surface area (Å²) in [5, 5.41) is 14.3. The fourth-order valence-corrected chi connectivity index (χ4v) is 4.93. The summed E-state index contributed by atoms with van der Waals surface area (Å²) in [7, 11) is 1.33. The number of nitro groups is 1. The minimum atomic E-state index is -0.482. The lowest BCUT2D eigenvalue weighted by molar-refractivity contribution is -0.385. The molecule has 1 heterocycles. The maximum Gasteiger partial charge on any atom is 0.341 e. The number of methoxy groups -OCH3 is 1. The summed E-state index contributed by atoms with van der Waals surface area (Å²) in [6.45, 7) is 3.74. The third kappa shape index (κ3) is 3.77. The molecule has 1 aromatic heterocycles. The number of rotatable bonds is 5. The quantitative estimate of drug-likeness (QED) is 0.450. The average molecular weight is 402 g/mol. The number of carbonyl (C=O) groups is 2. The monoisotopic (exact) mass is 402 g/mol. The highest BCUT2D eigenvalue weighted by Crippen LogP contribution is 2.41. The Labute approximate surface area is 166 Å². The van der Waals surface area contributed by atoms with Crippen LogP contribution in [0.15, 0.2) is 18.2 Å². The Hall–Kier alpha value is -2.74. The molecule has 0 spiro atoms. The van der Waals surface area contributed by atoms with E-state index in [9.17, 15) is 19.7 Å². The van der Waals surface area contributed by atoms with Crippen LogP contribution in [0.1, 0.15) is 56.5 Å². The third-order valence-corrected chi connectivity index (χ3v) is 6.39. The van der Waals surface area contributed by atoms with Gasteiger partial charge in [0.05, 0.1) is 17.6 Å². The summed E-state index contributed by atoms with van der Waals surface area (Å²) in [6, 6.07) is 4.21. The zero-order valence-electron chi connectivity index (χ0n) is 16.0. The highest BCUT2D eigenvalue weighted by molar-refractivity contribution is 7.17. The molecule has 0 aliphatic heterocycles. The molecule has 1 N–H and O–H groups in total. The summed E-state index contributed by atoms with van der Waals surface area (Å²) in [4.78, 5) is 36.7. The molecular weight excluding hydrogens is 380 g/mol. The van der Waals surface area contributed by atoms with Crippen molar-refractivity contribution >= 4 is 33.9 Å². The highest BCUT2D eigenvalue weighted by atomic mass is 32.1. The molecule has 2 aromatic rings. The van der Waals surface area contributed by atoms with Crippen LogP contribution in [-0.2, 0) is 17.6 Å². The Balaban J connectivity index is 1.92. The van der Waals surface area contributed by atoms with Gasteiger partial charge < -0.3 is 10.1 Å². The first-order valence-electron chi connectivity index (χ1n) is 9.14. The van der Waals surface area contributed by atoms with Crippen molar-refractivity contribution in [3.05, 3.63) is 55.4 Å². The van der Waals surface area contributed by atoms with E-state index in [1.807, 2.05) is 0 Å². The van der Waals surface area contributed by atoms with Crippen LogP contribution < -0.4 is 5.32 Å². The molecule has 1 aliphatic carbocycles. The van der Waals surface area contributed by atoms with Crippen molar-refractivity contribution in [2.24, 2.45) is 5.92 Å². The van der Waals surface area contributed by atoms with Gasteiger partial charge in [-0.25, -0.2) is 4.79 Å². The Morgan fingerprint density at radius 1 is 1.39 bits per heavy atom. The number of fused-ring (bicyclic) bond motifs is 1. The van der Waals surface area contributed by atoms with Gasteiger partial charge in [0.25, 0.3) is 11.6 Å². The van der Waals surface area contributed by atoms with Gasteiger partial charge in [-0.1, -0.05) is 13.3 Å². The van der Waals surface area contributed by atoms with Gasteiger partial charge in [0.1, 0.15) is 5.00 Å². The van der Waals surface area contributed by atoms with Gasteiger partial charge in [0.2, 0.25) is 0 Å². The van der Waals surface area contributed by atoms with Crippen molar-refractivity contribution in [3.63, 3.8) is 0 Å². The van der Waals surface area contributed by atoms with E-state index in [1.165, 1.54) is 36.6 Å². The van der Waals surface area contributed by atoms with E-state index < -0.39 is 16.8 Å². The minimum Gasteiger partial charge on any atom is -0.465 e. The molecule has 1 aromatic carbocycles. The number of nitrogens with zero attached hydrogens (tertiary/aromatic N) is 1. The standard InChI is InChI=1S/C20H22N2O5S/c1-4-12-5-7-14-16(10-12)28-19(17(14)20(24)27-3)21-18(23)13-6-8-15(22(25)26)11(2)9-13/h6,8-9,12H,4-5,7,10H2,1-3H3,(H,21,23). The SMILES string of the molecule is CCC1CCc2c(sc(NC(=O)c3ccc([N+](=O)[O-])c(C)c3)c2C(=O)OC)C1. The van der Waals surface area contributed by atoms with Gasteiger partial charge >= 0.3 is 5.97 Å². The van der Waals surface area contributed by atoms with E-state index in [1.54, 1.807) is 6.92 Å². The summed E-state index contributed by atoms with van der Waals surface area (Å²) in [5.74, 6) is -0.283. The number of nitro benzene ring substituents is 1. The van der Waals surface area contributed by atoms with Crippen molar-refractivity contribution in [2.75, 3.05) is 12.4 Å². The number of nitrogens with one attached hydrogen (secondary N) is 1. The van der Waals surface area contributed by atoms with E-state index in [4.69, 9.17) is 4.74 Å². The molecule has 7 nitrogen and oxygen atoms in total. The second-order valence-electron chi connectivity index (χ2n) is 6.93. The number of anilines is 1. The van der Waals surface area contributed by atoms with Gasteiger partial charge in [-0.2, -0.15) is 0 Å². The highest BCUT2D eigenvalue weighted by Gasteiger charge is 2.29. The zero-order valence-corrected chi connectivity index (χ0v) is 16.9. The van der Waals surface area contributed by atoms with Crippen LogP contribution in [0, 0.1) is 23.0 Å².